The molecule has 0 saturated heterocycles. The summed E-state index contributed by atoms with van der Waals surface area (Å²) in [5.74, 6) is 0. The largest absolute Gasteiger partial charge is 0.416 e. The molecular formula is C14H12F3NOS. The smallest absolute Gasteiger partial charge is 0.245 e. The van der Waals surface area contributed by atoms with Crippen molar-refractivity contribution in [3.05, 3.63) is 60.2 Å². The first kappa shape index (κ1) is 14.6. The summed E-state index contributed by atoms with van der Waals surface area (Å²) in [5.41, 5.74) is -0.492. The van der Waals surface area contributed by atoms with E-state index in [0.717, 1.165) is 12.1 Å². The second kappa shape index (κ2) is 5.28. The van der Waals surface area contributed by atoms with Crippen LogP contribution < -0.4 is 0 Å². The van der Waals surface area contributed by atoms with Crippen molar-refractivity contribution < 1.29 is 17.4 Å². The van der Waals surface area contributed by atoms with Gasteiger partial charge in [-0.05, 0) is 36.4 Å². The van der Waals surface area contributed by atoms with Gasteiger partial charge in [-0.1, -0.05) is 18.2 Å². The Morgan fingerprint density at radius 1 is 0.950 bits per heavy atom. The van der Waals surface area contributed by atoms with E-state index in [4.69, 9.17) is 0 Å². The molecule has 0 aliphatic carbocycles. The maximum Gasteiger partial charge on any atom is 0.416 e. The Bertz CT molecular complexity index is 699. The summed E-state index contributed by atoms with van der Waals surface area (Å²) in [5, 5.41) is 0. The standard InChI is InChI=1S/C14H12F3NOS/c1-20(19,13-5-3-2-4-6-13)18-12-9-7-11(8-10-12)14(15,16)17/h2-10H,1H3. The fraction of sp³-hybridized carbons (Fsp3) is 0.143. The van der Waals surface area contributed by atoms with Crippen LogP contribution in [0.15, 0.2) is 63.9 Å². The topological polar surface area (TPSA) is 29.4 Å². The van der Waals surface area contributed by atoms with Crippen molar-refractivity contribution in [1.82, 2.24) is 0 Å². The van der Waals surface area contributed by atoms with Gasteiger partial charge >= 0.3 is 6.18 Å². The van der Waals surface area contributed by atoms with E-state index in [1.54, 1.807) is 30.3 Å². The van der Waals surface area contributed by atoms with E-state index in [0.29, 0.717) is 4.90 Å². The van der Waals surface area contributed by atoms with Gasteiger partial charge < -0.3 is 0 Å². The highest BCUT2D eigenvalue weighted by Gasteiger charge is 2.29. The summed E-state index contributed by atoms with van der Waals surface area (Å²) in [6.07, 6.45) is -2.93. The van der Waals surface area contributed by atoms with E-state index in [1.165, 1.54) is 18.4 Å². The average molecular weight is 299 g/mol. The van der Waals surface area contributed by atoms with Crippen molar-refractivity contribution in [2.75, 3.05) is 6.26 Å². The average Bonchev–Trinajstić information content (AvgIpc) is 2.39. The molecule has 0 radical (unpaired) electrons. The van der Waals surface area contributed by atoms with Crippen molar-refractivity contribution in [3.8, 4) is 0 Å². The first-order chi connectivity index (χ1) is 9.29. The summed E-state index contributed by atoms with van der Waals surface area (Å²) >= 11 is 0. The summed E-state index contributed by atoms with van der Waals surface area (Å²) in [7, 11) is -2.67. The van der Waals surface area contributed by atoms with E-state index in [1.807, 2.05) is 0 Å². The molecule has 2 aromatic carbocycles. The van der Waals surface area contributed by atoms with Crippen LogP contribution in [0.1, 0.15) is 5.56 Å². The zero-order chi connectivity index (χ0) is 14.8. The molecule has 0 heterocycles. The monoisotopic (exact) mass is 299 g/mol. The first-order valence-corrected chi connectivity index (χ1v) is 7.66. The highest BCUT2D eigenvalue weighted by Crippen LogP contribution is 2.30. The molecule has 0 aliphatic rings. The molecule has 1 unspecified atom stereocenters. The number of alkyl halides is 3. The summed E-state index contributed by atoms with van der Waals surface area (Å²) in [6.45, 7) is 0. The van der Waals surface area contributed by atoms with Gasteiger partial charge in [-0.2, -0.15) is 17.5 Å². The number of rotatable bonds is 2. The number of nitrogens with zero attached hydrogens (tertiary/aromatic N) is 1. The number of benzene rings is 2. The lowest BCUT2D eigenvalue weighted by atomic mass is 10.2. The molecule has 0 saturated carbocycles. The number of halogens is 3. The minimum Gasteiger partial charge on any atom is -0.245 e. The number of hydrogen-bond acceptors (Lipinski definition) is 2. The molecule has 2 rings (SSSR count). The Balaban J connectivity index is 2.38. The van der Waals surface area contributed by atoms with Gasteiger partial charge in [0.25, 0.3) is 0 Å². The second-order valence-corrected chi connectivity index (χ2v) is 6.51. The Morgan fingerprint density at radius 2 is 1.50 bits per heavy atom. The molecule has 2 aromatic rings. The summed E-state index contributed by atoms with van der Waals surface area (Å²) in [6, 6.07) is 12.9. The molecule has 0 spiro atoms. The highest BCUT2D eigenvalue weighted by atomic mass is 32.2. The summed E-state index contributed by atoms with van der Waals surface area (Å²) < 4.78 is 53.8. The zero-order valence-electron chi connectivity index (χ0n) is 10.6. The van der Waals surface area contributed by atoms with Crippen LogP contribution in [0.5, 0.6) is 0 Å². The van der Waals surface area contributed by atoms with E-state index < -0.39 is 21.5 Å². The van der Waals surface area contributed by atoms with Gasteiger partial charge in [0.15, 0.2) is 0 Å². The second-order valence-electron chi connectivity index (χ2n) is 4.25. The molecule has 0 fully saturated rings. The minimum atomic E-state index is -4.38. The predicted molar refractivity (Wildman–Crippen MR) is 72.3 cm³/mol. The van der Waals surface area contributed by atoms with Crippen molar-refractivity contribution in [3.63, 3.8) is 0 Å². The van der Waals surface area contributed by atoms with Crippen LogP contribution >= 0.6 is 0 Å². The fourth-order valence-electron chi connectivity index (χ4n) is 1.64. The molecule has 0 N–H and O–H groups in total. The molecule has 1 atom stereocenters. The lowest BCUT2D eigenvalue weighted by Crippen LogP contribution is -2.03. The molecule has 6 heteroatoms. The van der Waals surface area contributed by atoms with Crippen molar-refractivity contribution in [1.29, 1.82) is 0 Å². The van der Waals surface area contributed by atoms with E-state index >= 15 is 0 Å². The molecule has 20 heavy (non-hydrogen) atoms. The normalized spacial score (nSPS) is 14.6. The minimum absolute atomic E-state index is 0.259. The maximum absolute atomic E-state index is 12.5. The Morgan fingerprint density at radius 3 is 2.00 bits per heavy atom. The Labute approximate surface area is 115 Å². The Hall–Kier alpha value is -1.82. The summed E-state index contributed by atoms with van der Waals surface area (Å²) in [4.78, 5) is 0.542. The van der Waals surface area contributed by atoms with Crippen LogP contribution in [0.25, 0.3) is 0 Å². The molecule has 0 amide bonds. The van der Waals surface area contributed by atoms with Gasteiger partial charge in [0.1, 0.15) is 0 Å². The van der Waals surface area contributed by atoms with E-state index in [2.05, 4.69) is 4.36 Å². The molecular weight excluding hydrogens is 287 g/mol. The van der Waals surface area contributed by atoms with Gasteiger partial charge in [0, 0.05) is 11.2 Å². The SMILES string of the molecule is CS(=O)(=Nc1ccc(C(F)(F)F)cc1)c1ccccc1. The van der Waals surface area contributed by atoms with Crippen LogP contribution in [0.3, 0.4) is 0 Å². The van der Waals surface area contributed by atoms with E-state index in [-0.39, 0.29) is 5.69 Å². The van der Waals surface area contributed by atoms with Gasteiger partial charge in [-0.3, -0.25) is 0 Å². The zero-order valence-corrected chi connectivity index (χ0v) is 11.4. The van der Waals surface area contributed by atoms with Crippen LogP contribution in [-0.2, 0) is 15.9 Å². The molecule has 0 aromatic heterocycles. The van der Waals surface area contributed by atoms with Crippen LogP contribution in [0, 0.1) is 0 Å². The molecule has 0 aliphatic heterocycles. The molecule has 2 nitrogen and oxygen atoms in total. The third kappa shape index (κ3) is 3.39. The van der Waals surface area contributed by atoms with Crippen molar-refractivity contribution in [2.24, 2.45) is 4.36 Å². The third-order valence-corrected chi connectivity index (χ3v) is 4.36. The van der Waals surface area contributed by atoms with Gasteiger partial charge in [0.2, 0.25) is 0 Å². The third-order valence-electron chi connectivity index (χ3n) is 2.65. The maximum atomic E-state index is 12.5. The van der Waals surface area contributed by atoms with Gasteiger partial charge in [-0.15, -0.1) is 0 Å². The predicted octanol–water partition coefficient (Wildman–Crippen LogP) is 4.49. The molecule has 0 bridgehead atoms. The lowest BCUT2D eigenvalue weighted by molar-refractivity contribution is -0.137. The van der Waals surface area contributed by atoms with Crippen LogP contribution in [0.4, 0.5) is 18.9 Å². The van der Waals surface area contributed by atoms with Crippen molar-refractivity contribution in [2.45, 2.75) is 11.1 Å². The highest BCUT2D eigenvalue weighted by molar-refractivity contribution is 7.93. The van der Waals surface area contributed by atoms with Crippen LogP contribution in [0.2, 0.25) is 0 Å². The van der Waals surface area contributed by atoms with Gasteiger partial charge in [0.05, 0.1) is 21.0 Å². The molecule has 106 valence electrons. The van der Waals surface area contributed by atoms with Gasteiger partial charge in [-0.25, -0.2) is 4.21 Å². The lowest BCUT2D eigenvalue weighted by Gasteiger charge is -2.07. The first-order valence-electron chi connectivity index (χ1n) is 5.73. The quantitative estimate of drug-likeness (QED) is 0.803. The number of hydrogen-bond donors (Lipinski definition) is 0. The van der Waals surface area contributed by atoms with Crippen LogP contribution in [-0.4, -0.2) is 10.5 Å². The Kier molecular flexibility index (Phi) is 3.85. The fourth-order valence-corrected chi connectivity index (χ4v) is 2.93. The van der Waals surface area contributed by atoms with E-state index in [9.17, 15) is 17.4 Å². The van der Waals surface area contributed by atoms with Crippen molar-refractivity contribution >= 4 is 15.4 Å².